The fourth-order valence-corrected chi connectivity index (χ4v) is 6.71. The van der Waals surface area contributed by atoms with Crippen molar-refractivity contribution in [1.29, 1.82) is 0 Å². The van der Waals surface area contributed by atoms with Crippen LogP contribution in [-0.4, -0.2) is 58.8 Å². The summed E-state index contributed by atoms with van der Waals surface area (Å²) >= 11 is 10.0. The number of carbonyl (C=O) groups excluding carboxylic acids is 2. The van der Waals surface area contributed by atoms with Gasteiger partial charge in [-0.2, -0.15) is 0 Å². The fraction of sp³-hybridized carbons (Fsp3) is 0.406. The van der Waals surface area contributed by atoms with Gasteiger partial charge in [0.25, 0.3) is 0 Å². The van der Waals surface area contributed by atoms with E-state index in [1.165, 1.54) is 29.5 Å². The van der Waals surface area contributed by atoms with Gasteiger partial charge in [0, 0.05) is 48.3 Å². The number of fused-ring (bicyclic) bond motifs is 2. The summed E-state index contributed by atoms with van der Waals surface area (Å²) in [5, 5.41) is 3.86. The van der Waals surface area contributed by atoms with Gasteiger partial charge in [0.05, 0.1) is 24.2 Å². The molecule has 6 rings (SSSR count). The molecule has 2 heterocycles. The lowest BCUT2D eigenvalue weighted by molar-refractivity contribution is -0.137. The number of halogens is 2. The van der Waals surface area contributed by atoms with Crippen molar-refractivity contribution in [2.45, 2.75) is 50.6 Å². The van der Waals surface area contributed by atoms with Crippen molar-refractivity contribution in [3.8, 4) is 0 Å². The van der Waals surface area contributed by atoms with E-state index in [0.29, 0.717) is 38.4 Å². The molecule has 2 amide bonds. The van der Waals surface area contributed by atoms with Crippen LogP contribution in [0.25, 0.3) is 0 Å². The van der Waals surface area contributed by atoms with Crippen LogP contribution in [0, 0.1) is 5.92 Å². The number of carbonyl (C=O) groups is 2. The maximum absolute atomic E-state index is 13.6. The monoisotopic (exact) mass is 620 g/mol. The van der Waals surface area contributed by atoms with Gasteiger partial charge in [0.2, 0.25) is 11.8 Å². The maximum atomic E-state index is 13.6. The van der Waals surface area contributed by atoms with Crippen molar-refractivity contribution >= 4 is 39.3 Å². The van der Waals surface area contributed by atoms with Gasteiger partial charge in [-0.3, -0.25) is 19.5 Å². The highest BCUT2D eigenvalue weighted by Crippen LogP contribution is 2.39. The first-order valence-corrected chi connectivity index (χ1v) is 15.4. The summed E-state index contributed by atoms with van der Waals surface area (Å²) in [5.74, 6) is 0.701. The minimum Gasteiger partial charge on any atom is -0.356 e. The Kier molecular flexibility index (Phi) is 8.24. The molecule has 6 nitrogen and oxygen atoms in total. The van der Waals surface area contributed by atoms with E-state index in [0.717, 1.165) is 40.1 Å². The van der Waals surface area contributed by atoms with E-state index in [1.807, 2.05) is 47.5 Å². The highest BCUT2D eigenvalue weighted by molar-refractivity contribution is 9.10. The first-order valence-electron chi connectivity index (χ1n) is 14.2. The van der Waals surface area contributed by atoms with Crippen LogP contribution in [0.15, 0.2) is 65.3 Å². The molecule has 1 aliphatic heterocycles. The summed E-state index contributed by atoms with van der Waals surface area (Å²) in [6.07, 6.45) is 6.65. The highest BCUT2D eigenvalue weighted by Gasteiger charge is 2.38. The second-order valence-electron chi connectivity index (χ2n) is 11.3. The third-order valence-electron chi connectivity index (χ3n) is 8.39. The number of rotatable bonds is 7. The number of hydrogen-bond acceptors (Lipinski definition) is 4. The molecular weight excluding hydrogens is 588 g/mol. The van der Waals surface area contributed by atoms with Crippen LogP contribution in [-0.2, 0) is 28.9 Å². The van der Waals surface area contributed by atoms with E-state index in [4.69, 9.17) is 16.6 Å². The molecule has 2 aromatic carbocycles. The Hall–Kier alpha value is -2.74. The SMILES string of the molecule is O=C(CC1CN(C2c3ccc(Cl)cc3CCc3cc(Br)cnc32)CCN1C(=O)Cc1ccccc1)NCC1CC1. The Balaban J connectivity index is 1.30. The Bertz CT molecular complexity index is 1340. The molecule has 3 aliphatic rings. The predicted octanol–water partition coefficient (Wildman–Crippen LogP) is 5.36. The van der Waals surface area contributed by atoms with Crippen LogP contribution in [0.1, 0.15) is 53.3 Å². The summed E-state index contributed by atoms with van der Waals surface area (Å²) in [6, 6.07) is 17.9. The number of amides is 2. The Morgan fingerprint density at radius 3 is 2.62 bits per heavy atom. The highest BCUT2D eigenvalue weighted by atomic mass is 79.9. The number of pyridine rings is 1. The van der Waals surface area contributed by atoms with Crippen molar-refractivity contribution in [3.05, 3.63) is 98.2 Å². The van der Waals surface area contributed by atoms with Gasteiger partial charge in [0.15, 0.2) is 0 Å². The number of hydrogen-bond donors (Lipinski definition) is 1. The number of nitrogens with one attached hydrogen (secondary N) is 1. The molecule has 2 unspecified atom stereocenters. The molecule has 208 valence electrons. The van der Waals surface area contributed by atoms with Crippen molar-refractivity contribution in [3.63, 3.8) is 0 Å². The first kappa shape index (κ1) is 27.4. The molecule has 1 aromatic heterocycles. The maximum Gasteiger partial charge on any atom is 0.227 e. The fourth-order valence-electron chi connectivity index (χ4n) is 6.14. The lowest BCUT2D eigenvalue weighted by Gasteiger charge is -2.44. The van der Waals surface area contributed by atoms with E-state index in [-0.39, 0.29) is 23.9 Å². The Morgan fingerprint density at radius 2 is 1.82 bits per heavy atom. The quantitative estimate of drug-likeness (QED) is 0.386. The minimum atomic E-state index is -0.220. The normalized spacial score (nSPS) is 20.8. The van der Waals surface area contributed by atoms with E-state index < -0.39 is 0 Å². The molecule has 0 radical (unpaired) electrons. The number of benzene rings is 2. The largest absolute Gasteiger partial charge is 0.356 e. The third kappa shape index (κ3) is 6.27. The minimum absolute atomic E-state index is 0.0202. The summed E-state index contributed by atoms with van der Waals surface area (Å²) < 4.78 is 0.968. The van der Waals surface area contributed by atoms with Crippen LogP contribution >= 0.6 is 27.5 Å². The van der Waals surface area contributed by atoms with Crippen LogP contribution in [0.4, 0.5) is 0 Å². The molecule has 40 heavy (non-hydrogen) atoms. The van der Waals surface area contributed by atoms with Crippen molar-refractivity contribution in [2.75, 3.05) is 26.2 Å². The summed E-state index contributed by atoms with van der Waals surface area (Å²) in [5.41, 5.74) is 5.69. The van der Waals surface area contributed by atoms with E-state index in [1.54, 1.807) is 0 Å². The number of nitrogens with zero attached hydrogens (tertiary/aromatic N) is 3. The standard InChI is InChI=1S/C32H34BrClN4O2/c33-25-15-24-9-8-23-16-26(34)10-11-28(23)32(31(24)36-19-25)37-12-13-38(30(40)14-21-4-2-1-3-5-21)27(20-37)17-29(39)35-18-22-6-7-22/h1-5,10-11,15-16,19,22,27,32H,6-9,12-14,17-18,20H2,(H,35,39). The van der Waals surface area contributed by atoms with Gasteiger partial charge in [0.1, 0.15) is 0 Å². The van der Waals surface area contributed by atoms with Gasteiger partial charge < -0.3 is 10.2 Å². The molecular formula is C32H34BrClN4O2. The Labute approximate surface area is 249 Å². The molecule has 0 bridgehead atoms. The van der Waals surface area contributed by atoms with Crippen molar-refractivity contribution in [1.82, 2.24) is 20.1 Å². The van der Waals surface area contributed by atoms with Crippen LogP contribution in [0.3, 0.4) is 0 Å². The summed E-state index contributed by atoms with van der Waals surface area (Å²) in [6.45, 7) is 2.60. The smallest absolute Gasteiger partial charge is 0.227 e. The van der Waals surface area contributed by atoms with E-state index in [9.17, 15) is 9.59 Å². The van der Waals surface area contributed by atoms with Crippen molar-refractivity contribution < 1.29 is 9.59 Å². The second kappa shape index (κ2) is 12.0. The lowest BCUT2D eigenvalue weighted by Crippen LogP contribution is -2.57. The van der Waals surface area contributed by atoms with E-state index in [2.05, 4.69) is 44.3 Å². The molecule has 1 saturated carbocycles. The zero-order chi connectivity index (χ0) is 27.6. The molecule has 8 heteroatoms. The number of piperazine rings is 1. The van der Waals surface area contributed by atoms with E-state index >= 15 is 0 Å². The lowest BCUT2D eigenvalue weighted by atomic mass is 9.94. The van der Waals surface area contributed by atoms with Gasteiger partial charge in [-0.15, -0.1) is 0 Å². The zero-order valence-corrected chi connectivity index (χ0v) is 24.8. The average Bonchev–Trinajstić information content (AvgIpc) is 3.79. The molecule has 0 spiro atoms. The van der Waals surface area contributed by atoms with Crippen LogP contribution in [0.2, 0.25) is 5.02 Å². The molecule has 3 aromatic rings. The average molecular weight is 622 g/mol. The number of aryl methyl sites for hydroxylation is 2. The van der Waals surface area contributed by atoms with Gasteiger partial charge in [-0.25, -0.2) is 0 Å². The second-order valence-corrected chi connectivity index (χ2v) is 12.6. The van der Waals surface area contributed by atoms with Gasteiger partial charge in [-0.05, 0) is 88.0 Å². The molecule has 2 fully saturated rings. The van der Waals surface area contributed by atoms with Crippen LogP contribution < -0.4 is 5.32 Å². The first-order chi connectivity index (χ1) is 19.4. The van der Waals surface area contributed by atoms with Crippen molar-refractivity contribution in [2.24, 2.45) is 5.92 Å². The van der Waals surface area contributed by atoms with Gasteiger partial charge in [-0.1, -0.05) is 48.0 Å². The summed E-state index contributed by atoms with van der Waals surface area (Å²) in [4.78, 5) is 36.0. The predicted molar refractivity (Wildman–Crippen MR) is 160 cm³/mol. The molecule has 1 saturated heterocycles. The molecule has 2 aliphatic carbocycles. The third-order valence-corrected chi connectivity index (χ3v) is 9.06. The molecule has 1 N–H and O–H groups in total. The van der Waals surface area contributed by atoms with Crippen LogP contribution in [0.5, 0.6) is 0 Å². The molecule has 2 atom stereocenters. The Morgan fingerprint density at radius 1 is 1.02 bits per heavy atom. The van der Waals surface area contributed by atoms with Gasteiger partial charge >= 0.3 is 0 Å². The topological polar surface area (TPSA) is 65.5 Å². The number of aromatic nitrogens is 1. The summed E-state index contributed by atoms with van der Waals surface area (Å²) in [7, 11) is 0. The zero-order valence-electron chi connectivity index (χ0n) is 22.5.